The number of fused-ring (bicyclic) bond motifs is 5. The van der Waals surface area contributed by atoms with Crippen molar-refractivity contribution < 1.29 is 24.2 Å². The van der Waals surface area contributed by atoms with E-state index in [4.69, 9.17) is 20.4 Å². The number of ether oxygens (including phenoxy) is 1. The van der Waals surface area contributed by atoms with Crippen LogP contribution in [0.1, 0.15) is 22.3 Å². The number of imidazole rings is 1. The number of aromatic hydroxyl groups is 1. The van der Waals surface area contributed by atoms with Crippen molar-refractivity contribution in [1.29, 1.82) is 0 Å². The van der Waals surface area contributed by atoms with Crippen molar-refractivity contribution in [2.75, 3.05) is 0 Å². The number of aromatic nitrogens is 3. The second-order valence-corrected chi connectivity index (χ2v) is 9.73. The number of hydrogen-bond donors (Lipinski definition) is 3. The molecule has 0 aliphatic heterocycles. The van der Waals surface area contributed by atoms with Crippen LogP contribution in [0.5, 0.6) is 5.75 Å². The van der Waals surface area contributed by atoms with E-state index in [9.17, 15) is 19.5 Å². The first-order valence-corrected chi connectivity index (χ1v) is 13.2. The molecule has 2 aromatic heterocycles. The van der Waals surface area contributed by atoms with E-state index in [1.54, 1.807) is 30.3 Å². The summed E-state index contributed by atoms with van der Waals surface area (Å²) in [7, 11) is 0. The molecule has 6 rings (SSSR count). The molecular formula is C32H25N5O5. The molecule has 0 aliphatic carbocycles. The van der Waals surface area contributed by atoms with Gasteiger partial charge in [-0.05, 0) is 48.0 Å². The van der Waals surface area contributed by atoms with E-state index in [2.05, 4.69) is 5.32 Å². The third-order valence-electron chi connectivity index (χ3n) is 6.86. The third kappa shape index (κ3) is 5.08. The van der Waals surface area contributed by atoms with Crippen molar-refractivity contribution in [2.24, 2.45) is 5.73 Å². The summed E-state index contributed by atoms with van der Waals surface area (Å²) >= 11 is 0. The number of nitrogens with two attached hydrogens (primary N) is 1. The van der Waals surface area contributed by atoms with Gasteiger partial charge in [-0.1, -0.05) is 54.6 Å². The summed E-state index contributed by atoms with van der Waals surface area (Å²) in [6.45, 7) is -0.0476. The average molecular weight is 560 g/mol. The quantitative estimate of drug-likeness (QED) is 0.238. The number of esters is 1. The van der Waals surface area contributed by atoms with Crippen LogP contribution in [0.25, 0.3) is 39.0 Å². The Bertz CT molecular complexity index is 1990. The average Bonchev–Trinajstić information content (AvgIpc) is 3.40. The molecule has 0 radical (unpaired) electrons. The number of para-hydroxylation sites is 3. The van der Waals surface area contributed by atoms with Gasteiger partial charge in [0.15, 0.2) is 0 Å². The fourth-order valence-electron chi connectivity index (χ4n) is 4.86. The maximum atomic E-state index is 13.4. The second kappa shape index (κ2) is 11.0. The number of carbonyl (C=O) groups excluding carboxylic acids is 3. The van der Waals surface area contributed by atoms with Crippen LogP contribution in [0.15, 0.2) is 97.1 Å². The van der Waals surface area contributed by atoms with Crippen molar-refractivity contribution in [2.45, 2.75) is 19.1 Å². The lowest BCUT2D eigenvalue weighted by Gasteiger charge is -2.17. The maximum absolute atomic E-state index is 13.4. The number of nitrogens with zero attached hydrogens (tertiary/aromatic N) is 3. The highest BCUT2D eigenvalue weighted by molar-refractivity contribution is 6.02. The molecule has 42 heavy (non-hydrogen) atoms. The molecule has 0 bridgehead atoms. The van der Waals surface area contributed by atoms with E-state index < -0.39 is 30.2 Å². The monoisotopic (exact) mass is 559 g/mol. The molecule has 0 aliphatic rings. The summed E-state index contributed by atoms with van der Waals surface area (Å²) in [5.41, 5.74) is 9.49. The highest BCUT2D eigenvalue weighted by Crippen LogP contribution is 2.31. The van der Waals surface area contributed by atoms with Gasteiger partial charge in [0.2, 0.25) is 5.91 Å². The lowest BCUT2D eigenvalue weighted by Crippen LogP contribution is -2.44. The summed E-state index contributed by atoms with van der Waals surface area (Å²) in [6.07, 6.45) is -0.478. The maximum Gasteiger partial charge on any atom is 0.329 e. The molecule has 1 atom stereocenters. The van der Waals surface area contributed by atoms with Gasteiger partial charge in [0.05, 0.1) is 28.5 Å². The van der Waals surface area contributed by atoms with Crippen LogP contribution in [-0.4, -0.2) is 43.3 Å². The van der Waals surface area contributed by atoms with Gasteiger partial charge in [0, 0.05) is 10.9 Å². The highest BCUT2D eigenvalue weighted by atomic mass is 16.5. The predicted octanol–water partition coefficient (Wildman–Crippen LogP) is 4.13. The number of phenols is 1. The third-order valence-corrected chi connectivity index (χ3v) is 6.86. The van der Waals surface area contributed by atoms with Crippen LogP contribution in [0.3, 0.4) is 0 Å². The molecule has 10 nitrogen and oxygen atoms in total. The van der Waals surface area contributed by atoms with Crippen molar-refractivity contribution in [1.82, 2.24) is 19.7 Å². The molecule has 0 spiro atoms. The molecule has 0 saturated heterocycles. The normalized spacial score (nSPS) is 11.9. The van der Waals surface area contributed by atoms with Crippen LogP contribution < -0.4 is 11.1 Å². The summed E-state index contributed by atoms with van der Waals surface area (Å²) < 4.78 is 7.23. The standard InChI is InChI=1S/C32H25N5O5/c33-28(39)17-25(32(41)42-18-19-8-2-1-3-9-19)36-31(40)22-16-20(14-15-27(22)38)29-34-23-11-5-4-10-21(23)30-35-24-12-6-7-13-26(24)37(29)30/h1-16,25,38H,17-18H2,(H2,33,39)(H,36,40)/t25-/m0/s1. The van der Waals surface area contributed by atoms with Gasteiger partial charge in [0.1, 0.15) is 29.9 Å². The zero-order chi connectivity index (χ0) is 29.2. The van der Waals surface area contributed by atoms with Gasteiger partial charge in [-0.25, -0.2) is 14.8 Å². The summed E-state index contributed by atoms with van der Waals surface area (Å²) in [4.78, 5) is 47.7. The Morgan fingerprint density at radius 3 is 2.38 bits per heavy atom. The summed E-state index contributed by atoms with van der Waals surface area (Å²) in [5, 5.41) is 14.0. The topological polar surface area (TPSA) is 149 Å². The molecule has 10 heteroatoms. The Hall–Kier alpha value is -5.77. The van der Waals surface area contributed by atoms with Gasteiger partial charge < -0.3 is 20.9 Å². The first kappa shape index (κ1) is 26.5. The molecule has 2 heterocycles. The van der Waals surface area contributed by atoms with Crippen molar-refractivity contribution in [3.05, 3.63) is 108 Å². The largest absolute Gasteiger partial charge is 0.507 e. The Balaban J connectivity index is 1.36. The second-order valence-electron chi connectivity index (χ2n) is 9.73. The van der Waals surface area contributed by atoms with Crippen LogP contribution in [-0.2, 0) is 20.9 Å². The Labute approximate surface area is 239 Å². The van der Waals surface area contributed by atoms with Crippen LogP contribution in [0.4, 0.5) is 0 Å². The molecule has 4 aromatic carbocycles. The van der Waals surface area contributed by atoms with Gasteiger partial charge in [0.25, 0.3) is 5.91 Å². The minimum atomic E-state index is -1.36. The van der Waals surface area contributed by atoms with Crippen LogP contribution in [0, 0.1) is 0 Å². The van der Waals surface area contributed by atoms with Crippen molar-refractivity contribution >= 4 is 45.4 Å². The zero-order valence-corrected chi connectivity index (χ0v) is 22.2. The fraction of sp³-hybridized carbons (Fsp3) is 0.0938. The number of rotatable bonds is 8. The number of nitrogens with one attached hydrogen (secondary N) is 1. The number of hydrogen-bond acceptors (Lipinski definition) is 7. The number of primary amides is 1. The van der Waals surface area contributed by atoms with E-state index in [0.29, 0.717) is 22.6 Å². The van der Waals surface area contributed by atoms with Gasteiger partial charge >= 0.3 is 5.97 Å². The summed E-state index contributed by atoms with van der Waals surface area (Å²) in [6, 6.07) is 27.4. The molecule has 208 valence electrons. The first-order chi connectivity index (χ1) is 20.4. The van der Waals surface area contributed by atoms with Gasteiger partial charge in [-0.2, -0.15) is 0 Å². The Morgan fingerprint density at radius 2 is 1.60 bits per heavy atom. The smallest absolute Gasteiger partial charge is 0.329 e. The molecule has 4 N–H and O–H groups in total. The van der Waals surface area contributed by atoms with E-state index in [1.165, 1.54) is 12.1 Å². The lowest BCUT2D eigenvalue weighted by molar-refractivity contribution is -0.148. The molecule has 2 amide bonds. The van der Waals surface area contributed by atoms with Crippen LogP contribution >= 0.6 is 0 Å². The van der Waals surface area contributed by atoms with Crippen molar-refractivity contribution in [3.8, 4) is 17.1 Å². The van der Waals surface area contributed by atoms with E-state index in [-0.39, 0.29) is 17.9 Å². The Kier molecular flexibility index (Phi) is 6.93. The molecule has 0 fully saturated rings. The summed E-state index contributed by atoms with van der Waals surface area (Å²) in [5.74, 6) is -2.24. The SMILES string of the molecule is NC(=O)C[C@H](NC(=O)c1cc(-c2nc3ccccc3c3nc4ccccc4n23)ccc1O)C(=O)OCc1ccccc1. The van der Waals surface area contributed by atoms with E-state index in [1.807, 2.05) is 59.0 Å². The molecule has 0 unspecified atom stereocenters. The first-order valence-electron chi connectivity index (χ1n) is 13.2. The number of carbonyl (C=O) groups is 3. The zero-order valence-electron chi connectivity index (χ0n) is 22.2. The Morgan fingerprint density at radius 1 is 0.881 bits per heavy atom. The highest BCUT2D eigenvalue weighted by Gasteiger charge is 2.27. The molecule has 6 aromatic rings. The number of amides is 2. The minimum Gasteiger partial charge on any atom is -0.507 e. The number of benzene rings is 4. The van der Waals surface area contributed by atoms with E-state index >= 15 is 0 Å². The molecular weight excluding hydrogens is 534 g/mol. The van der Waals surface area contributed by atoms with Crippen LogP contribution in [0.2, 0.25) is 0 Å². The van der Waals surface area contributed by atoms with E-state index in [0.717, 1.165) is 22.0 Å². The predicted molar refractivity (Wildman–Crippen MR) is 156 cm³/mol. The molecule has 0 saturated carbocycles. The number of phenolic OH excluding ortho intramolecular Hbond substituents is 1. The van der Waals surface area contributed by atoms with Crippen molar-refractivity contribution in [3.63, 3.8) is 0 Å². The van der Waals surface area contributed by atoms with Gasteiger partial charge in [-0.15, -0.1) is 0 Å². The van der Waals surface area contributed by atoms with Gasteiger partial charge in [-0.3, -0.25) is 14.0 Å². The fourth-order valence-corrected chi connectivity index (χ4v) is 4.86. The lowest BCUT2D eigenvalue weighted by atomic mass is 10.1. The minimum absolute atomic E-state index is 0.0476.